The van der Waals surface area contributed by atoms with Crippen LogP contribution in [0.4, 0.5) is 4.39 Å². The minimum Gasteiger partial charge on any atom is -0.463 e. The molecule has 0 bridgehead atoms. The number of halogens is 1. The van der Waals surface area contributed by atoms with Crippen molar-refractivity contribution in [3.05, 3.63) is 0 Å². The van der Waals surface area contributed by atoms with Crippen molar-refractivity contribution >= 4 is 5.97 Å². The Hall–Kier alpha value is -0.640. The van der Waals surface area contributed by atoms with Gasteiger partial charge in [0, 0.05) is 13.5 Å². The van der Waals surface area contributed by atoms with Crippen LogP contribution in [0.3, 0.4) is 0 Å². The highest BCUT2D eigenvalue weighted by Gasteiger charge is 2.38. The van der Waals surface area contributed by atoms with Crippen molar-refractivity contribution in [2.45, 2.75) is 38.5 Å². The van der Waals surface area contributed by atoms with Crippen molar-refractivity contribution < 1.29 is 18.7 Å². The van der Waals surface area contributed by atoms with E-state index in [1.807, 2.05) is 0 Å². The molecule has 0 amide bonds. The molecule has 1 saturated heterocycles. The molecule has 0 unspecified atom stereocenters. The van der Waals surface area contributed by atoms with Crippen molar-refractivity contribution in [2.24, 2.45) is 0 Å². The molecule has 1 aliphatic rings. The molecular weight excluding hydrogens is 175 g/mol. The molecule has 3 nitrogen and oxygen atoms in total. The van der Waals surface area contributed by atoms with Crippen LogP contribution in [-0.4, -0.2) is 31.0 Å². The molecule has 76 valence electrons. The molecule has 1 heterocycles. The molecule has 1 rings (SSSR count). The molecule has 0 aromatic heterocycles. The first kappa shape index (κ1) is 10.4. The van der Waals surface area contributed by atoms with Gasteiger partial charge in [0.25, 0.3) is 0 Å². The predicted molar refractivity (Wildman–Crippen MR) is 45.1 cm³/mol. The van der Waals surface area contributed by atoms with Crippen molar-refractivity contribution in [1.29, 1.82) is 0 Å². The normalized spacial score (nSPS) is 34.2. The maximum absolute atomic E-state index is 13.7. The first-order chi connectivity index (χ1) is 6.02. The summed E-state index contributed by atoms with van der Waals surface area (Å²) in [5.74, 6) is -0.398. The Labute approximate surface area is 77.2 Å². The fourth-order valence-electron chi connectivity index (χ4n) is 1.39. The third kappa shape index (κ3) is 2.95. The number of carbonyl (C=O) groups excluding carboxylic acids is 1. The first-order valence-corrected chi connectivity index (χ1v) is 4.46. The molecule has 0 saturated carbocycles. The Morgan fingerprint density at radius 3 is 3.00 bits per heavy atom. The molecule has 0 radical (unpaired) electrons. The lowest BCUT2D eigenvalue weighted by atomic mass is 9.93. The van der Waals surface area contributed by atoms with E-state index in [1.54, 1.807) is 0 Å². The van der Waals surface area contributed by atoms with E-state index in [1.165, 1.54) is 13.8 Å². The molecule has 0 aromatic carbocycles. The van der Waals surface area contributed by atoms with E-state index in [-0.39, 0.29) is 6.61 Å². The summed E-state index contributed by atoms with van der Waals surface area (Å²) in [7, 11) is 0. The fraction of sp³-hybridized carbons (Fsp3) is 0.889. The second-order valence-electron chi connectivity index (χ2n) is 3.54. The lowest BCUT2D eigenvalue weighted by Crippen LogP contribution is -2.44. The zero-order chi connectivity index (χ0) is 9.90. The molecule has 13 heavy (non-hydrogen) atoms. The van der Waals surface area contributed by atoms with Gasteiger partial charge in [-0.2, -0.15) is 0 Å². The number of alkyl halides is 1. The minimum atomic E-state index is -1.37. The van der Waals surface area contributed by atoms with Crippen LogP contribution in [0.15, 0.2) is 0 Å². The van der Waals surface area contributed by atoms with Gasteiger partial charge in [-0.25, -0.2) is 4.39 Å². The monoisotopic (exact) mass is 190 g/mol. The standard InChI is InChI=1S/C9H15FO3/c1-7(11)13-6-8-9(2,10)4-3-5-12-8/h8H,3-6H2,1-2H3/t8-,9+/m0/s1. The summed E-state index contributed by atoms with van der Waals surface area (Å²) in [5.41, 5.74) is -1.37. The van der Waals surface area contributed by atoms with Crippen LogP contribution in [0, 0.1) is 0 Å². The van der Waals surface area contributed by atoms with Gasteiger partial charge in [-0.1, -0.05) is 0 Å². The van der Waals surface area contributed by atoms with Gasteiger partial charge >= 0.3 is 5.97 Å². The number of hydrogen-bond donors (Lipinski definition) is 0. The average molecular weight is 190 g/mol. The van der Waals surface area contributed by atoms with Crippen LogP contribution in [0.5, 0.6) is 0 Å². The van der Waals surface area contributed by atoms with Crippen molar-refractivity contribution in [1.82, 2.24) is 0 Å². The molecule has 0 aliphatic carbocycles. The van der Waals surface area contributed by atoms with E-state index in [9.17, 15) is 9.18 Å². The third-order valence-corrected chi connectivity index (χ3v) is 2.24. The predicted octanol–water partition coefficient (Wildman–Crippen LogP) is 1.46. The second kappa shape index (κ2) is 4.05. The lowest BCUT2D eigenvalue weighted by molar-refractivity contribution is -0.156. The van der Waals surface area contributed by atoms with Crippen molar-refractivity contribution in [3.63, 3.8) is 0 Å². The van der Waals surface area contributed by atoms with E-state index in [0.29, 0.717) is 13.0 Å². The van der Waals surface area contributed by atoms with E-state index < -0.39 is 17.7 Å². The maximum Gasteiger partial charge on any atom is 0.302 e. The van der Waals surface area contributed by atoms with Crippen molar-refractivity contribution in [2.75, 3.05) is 13.2 Å². The van der Waals surface area contributed by atoms with Gasteiger partial charge in [0.05, 0.1) is 0 Å². The van der Waals surface area contributed by atoms with Crippen LogP contribution in [-0.2, 0) is 14.3 Å². The highest BCUT2D eigenvalue weighted by Crippen LogP contribution is 2.29. The quantitative estimate of drug-likeness (QED) is 0.618. The van der Waals surface area contributed by atoms with E-state index in [0.717, 1.165) is 6.42 Å². The Bertz CT molecular complexity index is 191. The highest BCUT2D eigenvalue weighted by molar-refractivity contribution is 5.65. The van der Waals surface area contributed by atoms with Gasteiger partial charge in [0.2, 0.25) is 0 Å². The van der Waals surface area contributed by atoms with Gasteiger partial charge in [-0.3, -0.25) is 4.79 Å². The van der Waals surface area contributed by atoms with Gasteiger partial charge in [-0.05, 0) is 19.8 Å². The molecule has 2 atom stereocenters. The van der Waals surface area contributed by atoms with Crippen LogP contribution in [0.1, 0.15) is 26.7 Å². The Balaban J connectivity index is 2.41. The number of esters is 1. The van der Waals surface area contributed by atoms with Crippen molar-refractivity contribution in [3.8, 4) is 0 Å². The summed E-state index contributed by atoms with van der Waals surface area (Å²) in [6.07, 6.45) is 0.591. The van der Waals surface area contributed by atoms with Crippen LogP contribution in [0.25, 0.3) is 0 Å². The van der Waals surface area contributed by atoms with Crippen LogP contribution in [0.2, 0.25) is 0 Å². The number of carbonyl (C=O) groups is 1. The van der Waals surface area contributed by atoms with E-state index >= 15 is 0 Å². The minimum absolute atomic E-state index is 0.0162. The SMILES string of the molecule is CC(=O)OC[C@@H]1OCCC[C@@]1(C)F. The Morgan fingerprint density at radius 2 is 2.46 bits per heavy atom. The number of rotatable bonds is 2. The summed E-state index contributed by atoms with van der Waals surface area (Å²) in [6, 6.07) is 0. The number of ether oxygens (including phenoxy) is 2. The summed E-state index contributed by atoms with van der Waals surface area (Å²) >= 11 is 0. The molecular formula is C9H15FO3. The average Bonchev–Trinajstić information content (AvgIpc) is 2.01. The van der Waals surface area contributed by atoms with Crippen LogP contribution >= 0.6 is 0 Å². The fourth-order valence-corrected chi connectivity index (χ4v) is 1.39. The lowest BCUT2D eigenvalue weighted by Gasteiger charge is -2.34. The molecule has 1 aliphatic heterocycles. The summed E-state index contributed by atoms with van der Waals surface area (Å²) in [4.78, 5) is 10.5. The van der Waals surface area contributed by atoms with E-state index in [2.05, 4.69) is 0 Å². The number of hydrogen-bond acceptors (Lipinski definition) is 3. The van der Waals surface area contributed by atoms with E-state index in [4.69, 9.17) is 9.47 Å². The molecule has 0 spiro atoms. The Morgan fingerprint density at radius 1 is 1.77 bits per heavy atom. The van der Waals surface area contributed by atoms with Gasteiger partial charge in [0.1, 0.15) is 18.4 Å². The topological polar surface area (TPSA) is 35.5 Å². The largest absolute Gasteiger partial charge is 0.463 e. The van der Waals surface area contributed by atoms with Gasteiger partial charge < -0.3 is 9.47 Å². The molecule has 4 heteroatoms. The molecule has 1 fully saturated rings. The smallest absolute Gasteiger partial charge is 0.302 e. The first-order valence-electron chi connectivity index (χ1n) is 4.46. The summed E-state index contributed by atoms with van der Waals surface area (Å²) in [5, 5.41) is 0. The molecule has 0 aromatic rings. The third-order valence-electron chi connectivity index (χ3n) is 2.24. The zero-order valence-corrected chi connectivity index (χ0v) is 8.01. The Kier molecular flexibility index (Phi) is 3.25. The van der Waals surface area contributed by atoms with Gasteiger partial charge in [0.15, 0.2) is 0 Å². The maximum atomic E-state index is 13.7. The van der Waals surface area contributed by atoms with Crippen LogP contribution < -0.4 is 0 Å². The zero-order valence-electron chi connectivity index (χ0n) is 8.01. The summed E-state index contributed by atoms with van der Waals surface area (Å²) < 4.78 is 23.6. The van der Waals surface area contributed by atoms with Gasteiger partial charge in [-0.15, -0.1) is 0 Å². The molecule has 0 N–H and O–H groups in total. The second-order valence-corrected chi connectivity index (χ2v) is 3.54. The summed E-state index contributed by atoms with van der Waals surface area (Å²) in [6.45, 7) is 3.35. The highest BCUT2D eigenvalue weighted by atomic mass is 19.1.